The summed E-state index contributed by atoms with van der Waals surface area (Å²) in [6.07, 6.45) is 1.79. The van der Waals surface area contributed by atoms with Gasteiger partial charge in [-0.05, 0) is 34.5 Å². The van der Waals surface area contributed by atoms with Gasteiger partial charge in [-0.2, -0.15) is 0 Å². The van der Waals surface area contributed by atoms with Gasteiger partial charge in [0.15, 0.2) is 0 Å². The zero-order valence-corrected chi connectivity index (χ0v) is 8.56. The molecule has 1 heterocycles. The Morgan fingerprint density at radius 3 is 3.00 bits per heavy atom. The van der Waals surface area contributed by atoms with Crippen LogP contribution in [0, 0.1) is 6.92 Å². The molecule has 0 aliphatic carbocycles. The summed E-state index contributed by atoms with van der Waals surface area (Å²) in [4.78, 5) is 4.16. The summed E-state index contributed by atoms with van der Waals surface area (Å²) in [5.41, 5.74) is 6.52. The van der Waals surface area contributed by atoms with Crippen molar-refractivity contribution in [3.05, 3.63) is 22.3 Å². The lowest BCUT2D eigenvalue weighted by Gasteiger charge is -2.04. The Hall–Kier alpha value is -0.610. The molecular formula is C8H12BrN3. The molecule has 1 aromatic heterocycles. The second kappa shape index (κ2) is 4.42. The minimum Gasteiger partial charge on any atom is -0.369 e. The quantitative estimate of drug-likeness (QED) is 0.827. The van der Waals surface area contributed by atoms with E-state index in [1.54, 1.807) is 6.20 Å². The number of anilines is 1. The maximum Gasteiger partial charge on any atom is 0.126 e. The van der Waals surface area contributed by atoms with E-state index in [1.807, 2.05) is 13.0 Å². The van der Waals surface area contributed by atoms with Crippen LogP contribution >= 0.6 is 15.9 Å². The third-order valence-corrected chi connectivity index (χ3v) is 2.33. The highest BCUT2D eigenvalue weighted by molar-refractivity contribution is 9.10. The number of nitrogens with two attached hydrogens (primary N) is 1. The average molecular weight is 230 g/mol. The van der Waals surface area contributed by atoms with E-state index in [1.165, 1.54) is 5.56 Å². The van der Waals surface area contributed by atoms with E-state index in [2.05, 4.69) is 26.2 Å². The largest absolute Gasteiger partial charge is 0.369 e. The molecule has 0 atom stereocenters. The maximum absolute atomic E-state index is 5.34. The highest BCUT2D eigenvalue weighted by atomic mass is 79.9. The number of nitrogens with one attached hydrogen (secondary N) is 1. The first-order chi connectivity index (χ1) is 5.74. The Balaban J connectivity index is 2.69. The summed E-state index contributed by atoms with van der Waals surface area (Å²) >= 11 is 3.38. The van der Waals surface area contributed by atoms with Crippen molar-refractivity contribution in [1.29, 1.82) is 0 Å². The lowest BCUT2D eigenvalue weighted by atomic mass is 10.3. The van der Waals surface area contributed by atoms with Crippen molar-refractivity contribution in [2.24, 2.45) is 5.73 Å². The van der Waals surface area contributed by atoms with E-state index in [0.29, 0.717) is 6.54 Å². The molecule has 1 aromatic rings. The fraction of sp³-hybridized carbons (Fsp3) is 0.375. The molecule has 66 valence electrons. The fourth-order valence-corrected chi connectivity index (χ4v) is 1.05. The zero-order valence-electron chi connectivity index (χ0n) is 6.97. The second-order valence-corrected chi connectivity index (χ2v) is 3.39. The van der Waals surface area contributed by atoms with Gasteiger partial charge in [0.1, 0.15) is 5.82 Å². The van der Waals surface area contributed by atoms with Gasteiger partial charge in [-0.1, -0.05) is 0 Å². The van der Waals surface area contributed by atoms with Gasteiger partial charge in [0, 0.05) is 23.8 Å². The molecule has 0 radical (unpaired) electrons. The molecule has 0 amide bonds. The number of hydrogen-bond donors (Lipinski definition) is 2. The molecule has 0 unspecified atom stereocenters. The average Bonchev–Trinajstić information content (AvgIpc) is 2.07. The van der Waals surface area contributed by atoms with Crippen LogP contribution in [0.3, 0.4) is 0 Å². The van der Waals surface area contributed by atoms with Crippen molar-refractivity contribution in [3.63, 3.8) is 0 Å². The molecule has 0 aliphatic heterocycles. The zero-order chi connectivity index (χ0) is 8.97. The molecule has 0 saturated carbocycles. The standard InChI is InChI=1S/C8H12BrN3/c1-6-4-8(11-3-2-10)12-5-7(6)9/h4-5H,2-3,10H2,1H3,(H,11,12). The molecule has 0 aromatic carbocycles. The van der Waals surface area contributed by atoms with Gasteiger partial charge >= 0.3 is 0 Å². The first kappa shape index (κ1) is 9.48. The predicted molar refractivity (Wildman–Crippen MR) is 54.2 cm³/mol. The van der Waals surface area contributed by atoms with E-state index in [0.717, 1.165) is 16.8 Å². The number of aryl methyl sites for hydroxylation is 1. The summed E-state index contributed by atoms with van der Waals surface area (Å²) in [6.45, 7) is 3.41. The fourth-order valence-electron chi connectivity index (χ4n) is 0.836. The molecule has 1 rings (SSSR count). The Labute approximate surface area is 80.5 Å². The summed E-state index contributed by atoms with van der Waals surface area (Å²) in [6, 6.07) is 1.99. The molecule has 4 heteroatoms. The van der Waals surface area contributed by atoms with Crippen molar-refractivity contribution in [3.8, 4) is 0 Å². The summed E-state index contributed by atoms with van der Waals surface area (Å²) in [5, 5.41) is 3.11. The van der Waals surface area contributed by atoms with E-state index < -0.39 is 0 Å². The van der Waals surface area contributed by atoms with Crippen LogP contribution in [-0.2, 0) is 0 Å². The molecular weight excluding hydrogens is 218 g/mol. The van der Waals surface area contributed by atoms with Crippen molar-refractivity contribution in [2.45, 2.75) is 6.92 Å². The van der Waals surface area contributed by atoms with Crippen LogP contribution in [-0.4, -0.2) is 18.1 Å². The van der Waals surface area contributed by atoms with Gasteiger partial charge in [0.25, 0.3) is 0 Å². The van der Waals surface area contributed by atoms with Crippen LogP contribution in [0.5, 0.6) is 0 Å². The third kappa shape index (κ3) is 2.46. The molecule has 3 N–H and O–H groups in total. The Morgan fingerprint density at radius 2 is 2.42 bits per heavy atom. The summed E-state index contributed by atoms with van der Waals surface area (Å²) < 4.78 is 1.03. The minimum atomic E-state index is 0.622. The van der Waals surface area contributed by atoms with Crippen LogP contribution in [0.15, 0.2) is 16.7 Å². The smallest absolute Gasteiger partial charge is 0.126 e. The maximum atomic E-state index is 5.34. The number of nitrogens with zero attached hydrogens (tertiary/aromatic N) is 1. The molecule has 0 fully saturated rings. The SMILES string of the molecule is Cc1cc(NCCN)ncc1Br. The Morgan fingerprint density at radius 1 is 1.67 bits per heavy atom. The summed E-state index contributed by atoms with van der Waals surface area (Å²) in [5.74, 6) is 0.876. The lowest BCUT2D eigenvalue weighted by molar-refractivity contribution is 1.01. The van der Waals surface area contributed by atoms with Gasteiger partial charge in [0.2, 0.25) is 0 Å². The topological polar surface area (TPSA) is 50.9 Å². The van der Waals surface area contributed by atoms with E-state index in [-0.39, 0.29) is 0 Å². The van der Waals surface area contributed by atoms with Crippen LogP contribution in [0.4, 0.5) is 5.82 Å². The lowest BCUT2D eigenvalue weighted by Crippen LogP contribution is -2.13. The number of rotatable bonds is 3. The van der Waals surface area contributed by atoms with Crippen LogP contribution < -0.4 is 11.1 Å². The van der Waals surface area contributed by atoms with E-state index in [4.69, 9.17) is 5.73 Å². The Kier molecular flexibility index (Phi) is 3.49. The number of hydrogen-bond acceptors (Lipinski definition) is 3. The number of halogens is 1. The van der Waals surface area contributed by atoms with Gasteiger partial charge < -0.3 is 11.1 Å². The van der Waals surface area contributed by atoms with Crippen LogP contribution in [0.25, 0.3) is 0 Å². The molecule has 3 nitrogen and oxygen atoms in total. The van der Waals surface area contributed by atoms with Crippen molar-refractivity contribution in [1.82, 2.24) is 4.98 Å². The highest BCUT2D eigenvalue weighted by Crippen LogP contribution is 2.16. The van der Waals surface area contributed by atoms with Crippen molar-refractivity contribution < 1.29 is 0 Å². The molecule has 12 heavy (non-hydrogen) atoms. The van der Waals surface area contributed by atoms with Gasteiger partial charge in [-0.15, -0.1) is 0 Å². The van der Waals surface area contributed by atoms with Crippen LogP contribution in [0.2, 0.25) is 0 Å². The summed E-state index contributed by atoms with van der Waals surface area (Å²) in [7, 11) is 0. The normalized spacial score (nSPS) is 9.92. The van der Waals surface area contributed by atoms with Crippen molar-refractivity contribution >= 4 is 21.7 Å². The van der Waals surface area contributed by atoms with E-state index in [9.17, 15) is 0 Å². The van der Waals surface area contributed by atoms with Crippen LogP contribution in [0.1, 0.15) is 5.56 Å². The highest BCUT2D eigenvalue weighted by Gasteiger charge is 1.96. The molecule has 0 aliphatic rings. The van der Waals surface area contributed by atoms with Gasteiger partial charge in [-0.25, -0.2) is 4.98 Å². The molecule has 0 saturated heterocycles. The van der Waals surface area contributed by atoms with Gasteiger partial charge in [0.05, 0.1) is 0 Å². The number of aromatic nitrogens is 1. The Bertz CT molecular complexity index is 262. The second-order valence-electron chi connectivity index (χ2n) is 2.53. The third-order valence-electron chi connectivity index (χ3n) is 1.50. The molecule has 0 bridgehead atoms. The number of pyridine rings is 1. The monoisotopic (exact) mass is 229 g/mol. The van der Waals surface area contributed by atoms with E-state index >= 15 is 0 Å². The minimum absolute atomic E-state index is 0.622. The first-order valence-electron chi connectivity index (χ1n) is 3.80. The van der Waals surface area contributed by atoms with Crippen molar-refractivity contribution in [2.75, 3.05) is 18.4 Å². The van der Waals surface area contributed by atoms with Gasteiger partial charge in [-0.3, -0.25) is 0 Å². The predicted octanol–water partition coefficient (Wildman–Crippen LogP) is 1.52. The molecule has 0 spiro atoms. The first-order valence-corrected chi connectivity index (χ1v) is 4.59.